The average Bonchev–Trinajstić information content (AvgIpc) is 2.81. The van der Waals surface area contributed by atoms with Gasteiger partial charge < -0.3 is 9.47 Å². The number of hydrogen-bond acceptors (Lipinski definition) is 4. The van der Waals surface area contributed by atoms with Gasteiger partial charge in [0, 0.05) is 0 Å². The second-order valence-corrected chi connectivity index (χ2v) is 8.82. The van der Waals surface area contributed by atoms with E-state index in [9.17, 15) is 9.59 Å². The smallest absolute Gasteiger partial charge is 0.320 e. The van der Waals surface area contributed by atoms with Crippen molar-refractivity contribution < 1.29 is 19.1 Å². The molecular formula is C28H46O4. The molecular weight excluding hydrogens is 400 g/mol. The number of esters is 2. The van der Waals surface area contributed by atoms with Crippen LogP contribution >= 0.6 is 0 Å². The lowest BCUT2D eigenvalue weighted by Gasteiger charge is -2.16. The molecule has 0 saturated carbocycles. The minimum Gasteiger partial charge on any atom is -0.465 e. The highest BCUT2D eigenvalue weighted by molar-refractivity contribution is 5.95. The Morgan fingerprint density at radius 1 is 0.625 bits per heavy atom. The Labute approximate surface area is 196 Å². The van der Waals surface area contributed by atoms with E-state index < -0.39 is 17.9 Å². The van der Waals surface area contributed by atoms with E-state index in [1.165, 1.54) is 64.2 Å². The summed E-state index contributed by atoms with van der Waals surface area (Å²) in [6, 6.07) is 9.62. The largest absolute Gasteiger partial charge is 0.465 e. The highest BCUT2D eigenvalue weighted by Crippen LogP contribution is 2.15. The zero-order valence-electron chi connectivity index (χ0n) is 20.6. The molecule has 0 aliphatic rings. The summed E-state index contributed by atoms with van der Waals surface area (Å²) < 4.78 is 10.9. The number of hydrogen-bond donors (Lipinski definition) is 0. The summed E-state index contributed by atoms with van der Waals surface area (Å²) in [6.07, 6.45) is 16.6. The Morgan fingerprint density at radius 2 is 1.03 bits per heavy atom. The Bertz CT molecular complexity index is 552. The second kappa shape index (κ2) is 19.8. The van der Waals surface area contributed by atoms with Crippen LogP contribution in [0.2, 0.25) is 0 Å². The first kappa shape index (κ1) is 28.2. The van der Waals surface area contributed by atoms with Gasteiger partial charge in [-0.05, 0) is 24.8 Å². The van der Waals surface area contributed by atoms with Gasteiger partial charge in [0.2, 0.25) is 0 Å². The van der Waals surface area contributed by atoms with Crippen molar-refractivity contribution in [1.82, 2.24) is 0 Å². The molecule has 0 saturated heterocycles. The first-order valence-corrected chi connectivity index (χ1v) is 13.1. The summed E-state index contributed by atoms with van der Waals surface area (Å²) in [5.74, 6) is -1.79. The van der Waals surface area contributed by atoms with Gasteiger partial charge in [-0.3, -0.25) is 9.59 Å². The Morgan fingerprint density at radius 3 is 1.47 bits per heavy atom. The zero-order valence-corrected chi connectivity index (χ0v) is 20.6. The van der Waals surface area contributed by atoms with Crippen LogP contribution in [0.3, 0.4) is 0 Å². The van der Waals surface area contributed by atoms with Gasteiger partial charge in [0.1, 0.15) is 0 Å². The number of benzene rings is 1. The molecule has 0 aliphatic carbocycles. The molecule has 1 aromatic carbocycles. The number of carbonyl (C=O) groups excluding carboxylic acids is 2. The quantitative estimate of drug-likeness (QED) is 0.119. The van der Waals surface area contributed by atoms with Gasteiger partial charge in [-0.25, -0.2) is 0 Å². The molecule has 182 valence electrons. The number of ether oxygens (including phenoxy) is 2. The first-order valence-electron chi connectivity index (χ1n) is 13.1. The maximum absolute atomic E-state index is 12.7. The average molecular weight is 447 g/mol. The van der Waals surface area contributed by atoms with E-state index >= 15 is 0 Å². The molecule has 0 unspecified atom stereocenters. The Kier molecular flexibility index (Phi) is 17.5. The van der Waals surface area contributed by atoms with Crippen molar-refractivity contribution in [3.05, 3.63) is 35.9 Å². The predicted molar refractivity (Wildman–Crippen MR) is 132 cm³/mol. The molecule has 1 rings (SSSR count). The summed E-state index contributed by atoms with van der Waals surface area (Å²) >= 11 is 0. The molecule has 0 heterocycles. The number of carbonyl (C=O) groups is 2. The summed E-state index contributed by atoms with van der Waals surface area (Å²) in [4.78, 5) is 25.4. The molecule has 0 fully saturated rings. The molecule has 0 radical (unpaired) electrons. The van der Waals surface area contributed by atoms with Crippen molar-refractivity contribution in [3.63, 3.8) is 0 Å². The van der Waals surface area contributed by atoms with Crippen LogP contribution in [0.25, 0.3) is 0 Å². The first-order chi connectivity index (χ1) is 15.7. The minimum atomic E-state index is -0.883. The maximum Gasteiger partial charge on any atom is 0.320 e. The van der Waals surface area contributed by atoms with Crippen molar-refractivity contribution in [2.45, 2.75) is 110 Å². The van der Waals surface area contributed by atoms with Crippen LogP contribution in [-0.2, 0) is 25.5 Å². The van der Waals surface area contributed by atoms with Gasteiger partial charge in [-0.1, -0.05) is 121 Å². The fraction of sp³-hybridized carbons (Fsp3) is 0.714. The van der Waals surface area contributed by atoms with Gasteiger partial charge in [0.05, 0.1) is 13.2 Å². The highest BCUT2D eigenvalue weighted by atomic mass is 16.6. The summed E-state index contributed by atoms with van der Waals surface area (Å²) in [5, 5.41) is 0. The normalized spacial score (nSPS) is 11.0. The molecule has 0 aliphatic heterocycles. The van der Waals surface area contributed by atoms with Gasteiger partial charge >= 0.3 is 11.9 Å². The third kappa shape index (κ3) is 14.3. The van der Waals surface area contributed by atoms with Gasteiger partial charge in [0.15, 0.2) is 5.92 Å². The topological polar surface area (TPSA) is 52.6 Å². The molecule has 0 spiro atoms. The summed E-state index contributed by atoms with van der Waals surface area (Å²) in [6.45, 7) is 5.18. The van der Waals surface area contributed by atoms with E-state index in [0.29, 0.717) is 19.6 Å². The lowest BCUT2D eigenvalue weighted by atomic mass is 9.99. The van der Waals surface area contributed by atoms with Crippen LogP contribution in [0.15, 0.2) is 30.3 Å². The van der Waals surface area contributed by atoms with Crippen LogP contribution in [0.1, 0.15) is 109 Å². The predicted octanol–water partition coefficient (Wildman–Crippen LogP) is 7.43. The molecule has 4 heteroatoms. The minimum absolute atomic E-state index is 0.326. The zero-order chi connectivity index (χ0) is 23.3. The molecule has 32 heavy (non-hydrogen) atoms. The van der Waals surface area contributed by atoms with E-state index in [2.05, 4.69) is 13.8 Å². The van der Waals surface area contributed by atoms with Crippen LogP contribution in [0, 0.1) is 5.92 Å². The van der Waals surface area contributed by atoms with E-state index in [1.54, 1.807) is 0 Å². The second-order valence-electron chi connectivity index (χ2n) is 8.82. The van der Waals surface area contributed by atoms with Gasteiger partial charge in [-0.15, -0.1) is 0 Å². The lowest BCUT2D eigenvalue weighted by molar-refractivity contribution is -0.162. The van der Waals surface area contributed by atoms with Crippen molar-refractivity contribution in [2.75, 3.05) is 13.2 Å². The van der Waals surface area contributed by atoms with Crippen molar-refractivity contribution in [2.24, 2.45) is 5.92 Å². The van der Waals surface area contributed by atoms with Crippen LogP contribution in [0.4, 0.5) is 0 Å². The van der Waals surface area contributed by atoms with Gasteiger partial charge in [0.25, 0.3) is 0 Å². The maximum atomic E-state index is 12.7. The van der Waals surface area contributed by atoms with Crippen LogP contribution in [-0.4, -0.2) is 25.2 Å². The fourth-order valence-corrected chi connectivity index (χ4v) is 3.78. The highest BCUT2D eigenvalue weighted by Gasteiger charge is 2.30. The van der Waals surface area contributed by atoms with Crippen molar-refractivity contribution >= 4 is 11.9 Å². The molecule has 0 aromatic heterocycles. The fourth-order valence-electron chi connectivity index (χ4n) is 3.78. The van der Waals surface area contributed by atoms with Crippen molar-refractivity contribution in [1.29, 1.82) is 0 Å². The van der Waals surface area contributed by atoms with Gasteiger partial charge in [-0.2, -0.15) is 0 Å². The Balaban J connectivity index is 2.38. The molecule has 0 bridgehead atoms. The van der Waals surface area contributed by atoms with E-state index in [1.807, 2.05) is 30.3 Å². The molecule has 0 amide bonds. The third-order valence-corrected chi connectivity index (χ3v) is 5.84. The summed E-state index contributed by atoms with van der Waals surface area (Å²) in [7, 11) is 0. The number of rotatable bonds is 20. The number of unbranched alkanes of at least 4 members (excludes halogenated alkanes) is 12. The van der Waals surface area contributed by atoms with Crippen molar-refractivity contribution in [3.8, 4) is 0 Å². The van der Waals surface area contributed by atoms with E-state index in [4.69, 9.17) is 9.47 Å². The Hall–Kier alpha value is -1.84. The SMILES string of the molecule is CCCCCCCCCOC(=O)C(Cc1ccccc1)C(=O)OCCCCCCCCC. The molecule has 1 aromatic rings. The van der Waals surface area contributed by atoms with Crippen LogP contribution in [0.5, 0.6) is 0 Å². The monoisotopic (exact) mass is 446 g/mol. The molecule has 4 nitrogen and oxygen atoms in total. The molecule has 0 N–H and O–H groups in total. The molecule has 0 atom stereocenters. The van der Waals surface area contributed by atoms with Crippen LogP contribution < -0.4 is 0 Å². The van der Waals surface area contributed by atoms with E-state index in [-0.39, 0.29) is 0 Å². The standard InChI is InChI=1S/C28H46O4/c1-3-5-7-9-11-13-18-22-31-27(29)26(24-25-20-16-15-17-21-25)28(30)32-23-19-14-12-10-8-6-4-2/h15-17,20-21,26H,3-14,18-19,22-24H2,1-2H3. The summed E-state index contributed by atoms with van der Waals surface area (Å²) in [5.41, 5.74) is 0.943. The lowest BCUT2D eigenvalue weighted by Crippen LogP contribution is -2.30. The van der Waals surface area contributed by atoms with E-state index in [0.717, 1.165) is 31.2 Å². The third-order valence-electron chi connectivity index (χ3n) is 5.84.